The van der Waals surface area contributed by atoms with Crippen LogP contribution < -0.4 is 5.73 Å². The molecule has 0 atom stereocenters. The van der Waals surface area contributed by atoms with Gasteiger partial charge in [0.2, 0.25) is 0 Å². The number of nitrogens with zero attached hydrogens (tertiary/aromatic N) is 2. The van der Waals surface area contributed by atoms with Crippen LogP contribution in [0.4, 0.5) is 11.4 Å². The van der Waals surface area contributed by atoms with E-state index in [9.17, 15) is 13.5 Å². The Bertz CT molecular complexity index is 807. The number of benzene rings is 2. The van der Waals surface area contributed by atoms with Gasteiger partial charge in [0.25, 0.3) is 18.1 Å². The molecule has 0 fully saturated rings. The van der Waals surface area contributed by atoms with E-state index in [0.29, 0.717) is 10.8 Å². The third-order valence-electron chi connectivity index (χ3n) is 2.69. The van der Waals surface area contributed by atoms with Gasteiger partial charge in [0, 0.05) is 5.39 Å². The molecule has 0 aliphatic heterocycles. The van der Waals surface area contributed by atoms with Crippen molar-refractivity contribution in [3.05, 3.63) is 29.8 Å². The predicted octanol–water partition coefficient (Wildman–Crippen LogP) is 2.71. The van der Waals surface area contributed by atoms with Crippen LogP contribution in [0.1, 0.15) is 19.4 Å². The van der Waals surface area contributed by atoms with Crippen LogP contribution in [0.3, 0.4) is 0 Å². The first-order chi connectivity index (χ1) is 10.3. The van der Waals surface area contributed by atoms with Crippen molar-refractivity contribution in [2.75, 3.05) is 5.73 Å². The lowest BCUT2D eigenvalue weighted by molar-refractivity contribution is 0.479. The van der Waals surface area contributed by atoms with E-state index in [1.165, 1.54) is 18.2 Å². The van der Waals surface area contributed by atoms with Gasteiger partial charge in [0.15, 0.2) is 0 Å². The minimum atomic E-state index is -4.18. The summed E-state index contributed by atoms with van der Waals surface area (Å²) in [5.41, 5.74) is 6.55. The zero-order valence-corrected chi connectivity index (χ0v) is 13.0. The Balaban J connectivity index is 0.00000116. The zero-order valence-electron chi connectivity index (χ0n) is 12.2. The van der Waals surface area contributed by atoms with Crippen molar-refractivity contribution < 1.29 is 18.1 Å². The molecule has 0 aromatic heterocycles. The molecular formula is C13H16BN3O4S. The summed E-state index contributed by atoms with van der Waals surface area (Å²) in [5.74, 6) is -0.812. The largest absolute Gasteiger partial charge is 0.507 e. The Kier molecular flexibility index (Phi) is 5.89. The van der Waals surface area contributed by atoms with Crippen molar-refractivity contribution in [2.24, 2.45) is 10.1 Å². The SMILES string of the molecule is CC.[B]N=Nc1ccc2cc(CS(=O)(=O)O)cc(O)c2c1N. The maximum absolute atomic E-state index is 10.9. The molecule has 0 amide bonds. The normalized spacial score (nSPS) is 11.4. The summed E-state index contributed by atoms with van der Waals surface area (Å²) in [6, 6.07) is 5.84. The van der Waals surface area contributed by atoms with Crippen molar-refractivity contribution in [1.82, 2.24) is 0 Å². The van der Waals surface area contributed by atoms with Crippen molar-refractivity contribution in [2.45, 2.75) is 19.6 Å². The summed E-state index contributed by atoms with van der Waals surface area (Å²) in [7, 11) is 0.769. The van der Waals surface area contributed by atoms with Gasteiger partial charge in [-0.15, -0.1) is 0 Å². The van der Waals surface area contributed by atoms with Crippen LogP contribution in [-0.4, -0.2) is 26.1 Å². The fourth-order valence-corrected chi connectivity index (χ4v) is 2.55. The van der Waals surface area contributed by atoms with Gasteiger partial charge in [0.1, 0.15) is 17.2 Å². The Morgan fingerprint density at radius 1 is 1.27 bits per heavy atom. The van der Waals surface area contributed by atoms with Crippen molar-refractivity contribution >= 4 is 40.2 Å². The molecule has 2 aromatic rings. The van der Waals surface area contributed by atoms with Gasteiger partial charge in [-0.3, -0.25) is 9.58 Å². The van der Waals surface area contributed by atoms with Gasteiger partial charge in [-0.2, -0.15) is 13.5 Å². The molecule has 0 bridgehead atoms. The number of anilines is 1. The minimum Gasteiger partial charge on any atom is -0.507 e. The molecule has 0 heterocycles. The average Bonchev–Trinajstić information content (AvgIpc) is 2.42. The summed E-state index contributed by atoms with van der Waals surface area (Å²) >= 11 is 0. The Morgan fingerprint density at radius 2 is 1.91 bits per heavy atom. The molecule has 2 aromatic carbocycles. The Hall–Kier alpha value is -2.13. The number of nitrogens with two attached hydrogens (primary N) is 1. The number of hydrogen-bond acceptors (Lipinski definition) is 6. The molecule has 0 unspecified atom stereocenters. The molecule has 4 N–H and O–H groups in total. The van der Waals surface area contributed by atoms with Crippen LogP contribution in [0.25, 0.3) is 10.8 Å². The summed E-state index contributed by atoms with van der Waals surface area (Å²) in [6.07, 6.45) is 0. The number of hydrogen-bond donors (Lipinski definition) is 3. The van der Waals surface area contributed by atoms with E-state index in [-0.39, 0.29) is 22.7 Å². The predicted molar refractivity (Wildman–Crippen MR) is 86.9 cm³/mol. The van der Waals surface area contributed by atoms with Crippen LogP contribution in [0.15, 0.2) is 34.4 Å². The number of phenolic OH excluding ortho intramolecular Hbond substituents is 1. The van der Waals surface area contributed by atoms with E-state index >= 15 is 0 Å². The lowest BCUT2D eigenvalue weighted by Crippen LogP contribution is -2.01. The standard InChI is InChI=1S/C11H10BN3O4S.C2H6/c12-15-14-8-2-1-7-3-6(5-20(17,18)19)4-9(16)10(7)11(8)13;1-2/h1-4,16H,5,13H2,(H,17,18,19);1-2H3. The fraction of sp³-hybridized carbons (Fsp3) is 0.231. The maximum Gasteiger partial charge on any atom is 0.293 e. The smallest absolute Gasteiger partial charge is 0.293 e. The third-order valence-corrected chi connectivity index (χ3v) is 3.39. The molecule has 9 heteroatoms. The van der Waals surface area contributed by atoms with Gasteiger partial charge in [-0.05, 0) is 29.1 Å². The van der Waals surface area contributed by atoms with Crippen LogP contribution in [0.5, 0.6) is 5.75 Å². The number of phenols is 1. The second-order valence-electron chi connectivity index (χ2n) is 4.15. The van der Waals surface area contributed by atoms with E-state index < -0.39 is 15.9 Å². The quantitative estimate of drug-likeness (QED) is 0.347. The van der Waals surface area contributed by atoms with Crippen molar-refractivity contribution in [3.63, 3.8) is 0 Å². The van der Waals surface area contributed by atoms with Gasteiger partial charge in [-0.1, -0.05) is 19.9 Å². The second-order valence-corrected chi connectivity index (χ2v) is 5.61. The fourth-order valence-electron chi connectivity index (χ4n) is 1.96. The zero-order chi connectivity index (χ0) is 16.9. The van der Waals surface area contributed by atoms with E-state index in [1.54, 1.807) is 6.07 Å². The number of fused-ring (bicyclic) bond motifs is 1. The topological polar surface area (TPSA) is 125 Å². The second kappa shape index (κ2) is 7.23. The van der Waals surface area contributed by atoms with Crippen LogP contribution in [0.2, 0.25) is 0 Å². The Morgan fingerprint density at radius 3 is 2.45 bits per heavy atom. The van der Waals surface area contributed by atoms with E-state index in [4.69, 9.17) is 18.3 Å². The van der Waals surface area contributed by atoms with Gasteiger partial charge >= 0.3 is 0 Å². The summed E-state index contributed by atoms with van der Waals surface area (Å²) in [4.78, 5) is 0. The third kappa shape index (κ3) is 4.19. The summed E-state index contributed by atoms with van der Waals surface area (Å²) < 4.78 is 30.6. The average molecular weight is 321 g/mol. The molecule has 22 heavy (non-hydrogen) atoms. The number of nitrogen functional groups attached to an aromatic ring is 1. The highest BCUT2D eigenvalue weighted by Gasteiger charge is 2.13. The molecule has 7 nitrogen and oxygen atoms in total. The number of aromatic hydroxyl groups is 1. The van der Waals surface area contributed by atoms with Gasteiger partial charge < -0.3 is 10.8 Å². The molecule has 2 radical (unpaired) electrons. The lowest BCUT2D eigenvalue weighted by atomic mass is 10.0. The monoisotopic (exact) mass is 321 g/mol. The van der Waals surface area contributed by atoms with Crippen molar-refractivity contribution in [1.29, 1.82) is 0 Å². The number of rotatable bonds is 3. The molecule has 0 aliphatic carbocycles. The molecule has 2 rings (SSSR count). The molecular weight excluding hydrogens is 305 g/mol. The molecule has 0 aliphatic rings. The summed E-state index contributed by atoms with van der Waals surface area (Å²) in [5, 5.41) is 17.5. The summed E-state index contributed by atoms with van der Waals surface area (Å²) in [6.45, 7) is 4.00. The van der Waals surface area contributed by atoms with E-state index in [0.717, 1.165) is 0 Å². The van der Waals surface area contributed by atoms with Gasteiger partial charge in [0.05, 0.1) is 5.69 Å². The molecule has 0 spiro atoms. The highest BCUT2D eigenvalue weighted by Crippen LogP contribution is 2.37. The van der Waals surface area contributed by atoms with Crippen LogP contribution >= 0.6 is 0 Å². The lowest BCUT2D eigenvalue weighted by Gasteiger charge is -2.09. The highest BCUT2D eigenvalue weighted by atomic mass is 32.2. The maximum atomic E-state index is 10.9. The van der Waals surface area contributed by atoms with Crippen molar-refractivity contribution in [3.8, 4) is 5.75 Å². The highest BCUT2D eigenvalue weighted by molar-refractivity contribution is 7.85. The van der Waals surface area contributed by atoms with Crippen LogP contribution in [-0.2, 0) is 15.9 Å². The van der Waals surface area contributed by atoms with Gasteiger partial charge in [-0.25, -0.2) is 0 Å². The molecule has 0 saturated carbocycles. The Labute approximate surface area is 130 Å². The first-order valence-electron chi connectivity index (χ1n) is 6.42. The molecule has 116 valence electrons. The van der Waals surface area contributed by atoms with Crippen LogP contribution in [0, 0.1) is 0 Å². The van der Waals surface area contributed by atoms with E-state index in [2.05, 4.69) is 10.1 Å². The minimum absolute atomic E-state index is 0.174. The van der Waals surface area contributed by atoms with E-state index in [1.807, 2.05) is 13.8 Å². The first kappa shape index (κ1) is 17.9. The molecule has 0 saturated heterocycles. The first-order valence-corrected chi connectivity index (χ1v) is 8.03.